The summed E-state index contributed by atoms with van der Waals surface area (Å²) in [5.41, 5.74) is 0. The highest BCUT2D eigenvalue weighted by Gasteiger charge is 2.42. The van der Waals surface area contributed by atoms with Crippen molar-refractivity contribution in [2.45, 2.75) is 38.6 Å². The Bertz CT molecular complexity index is 626. The van der Waals surface area contributed by atoms with Gasteiger partial charge in [0.15, 0.2) is 24.0 Å². The topological polar surface area (TPSA) is 38.3 Å². The monoisotopic (exact) mass is 345 g/mol. The van der Waals surface area contributed by atoms with Crippen molar-refractivity contribution in [3.63, 3.8) is 0 Å². The molecule has 1 amide bonds. The number of hydrogen-bond acceptors (Lipinski definition) is 2. The van der Waals surface area contributed by atoms with Gasteiger partial charge in [0.25, 0.3) is 5.91 Å². The van der Waals surface area contributed by atoms with Gasteiger partial charge in [0.2, 0.25) is 11.6 Å². The smallest absolute Gasteiger partial charge is 0.258 e. The van der Waals surface area contributed by atoms with Gasteiger partial charge in [-0.3, -0.25) is 4.79 Å². The molecule has 0 saturated heterocycles. The van der Waals surface area contributed by atoms with Crippen molar-refractivity contribution in [1.82, 2.24) is 5.32 Å². The van der Waals surface area contributed by atoms with Gasteiger partial charge >= 0.3 is 0 Å². The molecular formula is C17H19F4NO2. The highest BCUT2D eigenvalue weighted by molar-refractivity contribution is 5.77. The van der Waals surface area contributed by atoms with Gasteiger partial charge in [-0.05, 0) is 43.9 Å². The van der Waals surface area contributed by atoms with Crippen LogP contribution in [0.5, 0.6) is 5.75 Å². The number of benzene rings is 1. The Morgan fingerprint density at radius 2 is 1.88 bits per heavy atom. The molecule has 132 valence electrons. The van der Waals surface area contributed by atoms with Crippen LogP contribution in [0.15, 0.2) is 6.07 Å². The van der Waals surface area contributed by atoms with Crippen molar-refractivity contribution in [3.05, 3.63) is 29.3 Å². The van der Waals surface area contributed by atoms with Gasteiger partial charge in [0.1, 0.15) is 0 Å². The molecule has 0 aliphatic heterocycles. The van der Waals surface area contributed by atoms with E-state index < -0.39 is 41.5 Å². The van der Waals surface area contributed by atoms with Crippen molar-refractivity contribution in [1.29, 1.82) is 0 Å². The molecule has 24 heavy (non-hydrogen) atoms. The van der Waals surface area contributed by atoms with Crippen LogP contribution in [0.4, 0.5) is 17.6 Å². The Hall–Kier alpha value is -1.79. The molecule has 0 heterocycles. The zero-order chi connectivity index (χ0) is 17.4. The summed E-state index contributed by atoms with van der Waals surface area (Å²) in [4.78, 5) is 11.9. The molecule has 0 spiro atoms. The summed E-state index contributed by atoms with van der Waals surface area (Å²) >= 11 is 0. The summed E-state index contributed by atoms with van der Waals surface area (Å²) in [5.74, 6) is -6.49. The average molecular weight is 345 g/mol. The van der Waals surface area contributed by atoms with E-state index >= 15 is 0 Å². The maximum atomic E-state index is 13.5. The van der Waals surface area contributed by atoms with E-state index in [1.54, 1.807) is 0 Å². The van der Waals surface area contributed by atoms with Crippen LogP contribution in [0, 0.1) is 41.0 Å². The van der Waals surface area contributed by atoms with Crippen molar-refractivity contribution < 1.29 is 27.1 Å². The summed E-state index contributed by atoms with van der Waals surface area (Å²) in [6.45, 7) is 1.19. The number of ether oxygens (including phenoxy) is 1. The summed E-state index contributed by atoms with van der Waals surface area (Å²) in [5, 5.41) is 2.75. The van der Waals surface area contributed by atoms with E-state index in [4.69, 9.17) is 0 Å². The number of rotatable bonds is 5. The van der Waals surface area contributed by atoms with Crippen LogP contribution in [0.2, 0.25) is 0 Å². The fraction of sp³-hybridized carbons (Fsp3) is 0.588. The number of amides is 1. The fourth-order valence-corrected chi connectivity index (χ4v) is 4.12. The summed E-state index contributed by atoms with van der Waals surface area (Å²) in [7, 11) is 0. The maximum absolute atomic E-state index is 13.5. The van der Waals surface area contributed by atoms with E-state index in [1.807, 2.05) is 6.92 Å². The van der Waals surface area contributed by atoms with Gasteiger partial charge in [-0.1, -0.05) is 6.42 Å². The number of carbonyl (C=O) groups excluding carboxylic acids is 1. The van der Waals surface area contributed by atoms with Crippen LogP contribution >= 0.6 is 0 Å². The van der Waals surface area contributed by atoms with Crippen LogP contribution in [-0.2, 0) is 4.79 Å². The van der Waals surface area contributed by atoms with Crippen molar-refractivity contribution in [3.8, 4) is 5.75 Å². The molecule has 2 aliphatic rings. The minimum Gasteiger partial charge on any atom is -0.477 e. The predicted octanol–water partition coefficient (Wildman–Crippen LogP) is 3.56. The molecule has 0 radical (unpaired) electrons. The molecule has 1 aromatic carbocycles. The van der Waals surface area contributed by atoms with Crippen LogP contribution in [0.25, 0.3) is 0 Å². The summed E-state index contributed by atoms with van der Waals surface area (Å²) < 4.78 is 57.8. The van der Waals surface area contributed by atoms with Gasteiger partial charge in [-0.2, -0.15) is 8.78 Å². The zero-order valence-electron chi connectivity index (χ0n) is 13.3. The third kappa shape index (κ3) is 3.21. The molecule has 2 bridgehead atoms. The van der Waals surface area contributed by atoms with Crippen LogP contribution in [0.3, 0.4) is 0 Å². The quantitative estimate of drug-likeness (QED) is 0.655. The normalized spacial score (nSPS) is 26.5. The highest BCUT2D eigenvalue weighted by Crippen LogP contribution is 2.49. The zero-order valence-corrected chi connectivity index (χ0v) is 13.3. The van der Waals surface area contributed by atoms with Crippen molar-refractivity contribution in [2.75, 3.05) is 6.61 Å². The Kier molecular flexibility index (Phi) is 4.69. The Morgan fingerprint density at radius 3 is 2.42 bits per heavy atom. The first-order valence-corrected chi connectivity index (χ1v) is 8.12. The lowest BCUT2D eigenvalue weighted by atomic mass is 9.84. The second-order valence-electron chi connectivity index (χ2n) is 6.78. The lowest BCUT2D eigenvalue weighted by Gasteiger charge is -2.28. The second kappa shape index (κ2) is 6.61. The molecule has 3 rings (SSSR count). The summed E-state index contributed by atoms with van der Waals surface area (Å²) in [6, 6.07) is 0.0183. The van der Waals surface area contributed by atoms with Gasteiger partial charge in [0, 0.05) is 12.1 Å². The van der Waals surface area contributed by atoms with Gasteiger partial charge in [-0.25, -0.2) is 8.78 Å². The SMILES string of the molecule is C[C@@H](NC(=O)COc1c(F)c(F)cc(F)c1F)[C@H]1C[C@@H]2CC[C@@H]1C2. The molecule has 3 nitrogen and oxygen atoms in total. The number of fused-ring (bicyclic) bond motifs is 2. The molecule has 7 heteroatoms. The van der Waals surface area contributed by atoms with Gasteiger partial charge < -0.3 is 10.1 Å². The van der Waals surface area contributed by atoms with Crippen molar-refractivity contribution in [2.24, 2.45) is 17.8 Å². The minimum atomic E-state index is -1.65. The molecule has 0 unspecified atom stereocenters. The maximum Gasteiger partial charge on any atom is 0.258 e. The lowest BCUT2D eigenvalue weighted by molar-refractivity contribution is -0.124. The van der Waals surface area contributed by atoms with Crippen LogP contribution < -0.4 is 10.1 Å². The highest BCUT2D eigenvalue weighted by atomic mass is 19.2. The summed E-state index contributed by atoms with van der Waals surface area (Å²) in [6.07, 6.45) is 4.69. The minimum absolute atomic E-state index is 0.0738. The number of hydrogen-bond donors (Lipinski definition) is 1. The molecule has 1 N–H and O–H groups in total. The van der Waals surface area contributed by atoms with E-state index in [9.17, 15) is 22.4 Å². The lowest BCUT2D eigenvalue weighted by Crippen LogP contribution is -2.42. The molecule has 4 atom stereocenters. The number of carbonyl (C=O) groups is 1. The Balaban J connectivity index is 1.56. The molecule has 2 saturated carbocycles. The van der Waals surface area contributed by atoms with Gasteiger partial charge in [0.05, 0.1) is 0 Å². The first kappa shape index (κ1) is 17.0. The first-order valence-electron chi connectivity index (χ1n) is 8.12. The standard InChI is InChI=1S/C17H19F4NO2/c1-8(11-5-9-2-3-10(11)4-9)22-14(23)7-24-17-15(20)12(18)6-13(19)16(17)21/h6,8-11H,2-5,7H2,1H3,(H,22,23)/t8-,9-,10-,11-/m1/s1. The van der Waals surface area contributed by atoms with E-state index in [1.165, 1.54) is 19.3 Å². The van der Waals surface area contributed by atoms with E-state index in [-0.39, 0.29) is 12.1 Å². The van der Waals surface area contributed by atoms with Crippen LogP contribution in [-0.4, -0.2) is 18.6 Å². The molecule has 2 fully saturated rings. The van der Waals surface area contributed by atoms with Crippen LogP contribution in [0.1, 0.15) is 32.6 Å². The second-order valence-corrected chi connectivity index (χ2v) is 6.78. The van der Waals surface area contributed by atoms with E-state index in [0.29, 0.717) is 11.8 Å². The molecule has 1 aromatic rings. The molecule has 2 aliphatic carbocycles. The number of halogens is 4. The average Bonchev–Trinajstić information content (AvgIpc) is 3.16. The Labute approximate surface area is 137 Å². The van der Waals surface area contributed by atoms with E-state index in [0.717, 1.165) is 12.3 Å². The third-order valence-corrected chi connectivity index (χ3v) is 5.24. The number of nitrogens with one attached hydrogen (secondary N) is 1. The third-order valence-electron chi connectivity index (χ3n) is 5.24. The fourth-order valence-electron chi connectivity index (χ4n) is 4.12. The molecule has 0 aromatic heterocycles. The molecular weight excluding hydrogens is 326 g/mol. The Morgan fingerprint density at radius 1 is 1.21 bits per heavy atom. The van der Waals surface area contributed by atoms with E-state index in [2.05, 4.69) is 10.1 Å². The first-order chi connectivity index (χ1) is 11.4. The van der Waals surface area contributed by atoms with Crippen molar-refractivity contribution >= 4 is 5.91 Å². The van der Waals surface area contributed by atoms with Gasteiger partial charge in [-0.15, -0.1) is 0 Å². The predicted molar refractivity (Wildman–Crippen MR) is 78.3 cm³/mol. The largest absolute Gasteiger partial charge is 0.477 e.